The van der Waals surface area contributed by atoms with Gasteiger partial charge in [-0.2, -0.15) is 5.26 Å². The number of hydrogen-bond acceptors (Lipinski definition) is 10. The molecule has 1 unspecified atom stereocenters. The number of nitro groups is 2. The molecule has 2 aliphatic heterocycles. The third-order valence-corrected chi connectivity index (χ3v) is 5.68. The number of aromatic nitrogens is 1. The maximum absolute atomic E-state index is 12.3. The number of anilines is 3. The Morgan fingerprint density at radius 2 is 1.88 bits per heavy atom. The topological polar surface area (TPSA) is 190 Å². The number of fused-ring (bicyclic) bond motifs is 3. The SMILES string of the molecule is CC1(C)CNC2=C([N+](=O)[O-])C(c3ccc([N+](=O)[O-])cc3)c3c(nc(N)c(C#N)c3N)N2C1. The van der Waals surface area contributed by atoms with E-state index in [9.17, 15) is 25.5 Å². The molecule has 164 valence electrons. The monoisotopic (exact) mass is 436 g/mol. The zero-order valence-electron chi connectivity index (χ0n) is 17.3. The minimum absolute atomic E-state index is 0.000123. The molecular formula is C20H20N8O4. The molecule has 3 heterocycles. The van der Waals surface area contributed by atoms with Crippen molar-refractivity contribution in [3.05, 3.63) is 72.7 Å². The molecule has 5 N–H and O–H groups in total. The number of allylic oxidation sites excluding steroid dienone is 1. The van der Waals surface area contributed by atoms with E-state index in [0.29, 0.717) is 24.5 Å². The van der Waals surface area contributed by atoms with Crippen molar-refractivity contribution in [1.29, 1.82) is 5.26 Å². The summed E-state index contributed by atoms with van der Waals surface area (Å²) in [6.45, 7) is 4.90. The molecule has 1 atom stereocenters. The lowest BCUT2D eigenvalue weighted by atomic mass is 9.81. The number of rotatable bonds is 3. The van der Waals surface area contributed by atoms with Crippen LogP contribution in [0, 0.1) is 37.0 Å². The van der Waals surface area contributed by atoms with Crippen LogP contribution in [0.25, 0.3) is 0 Å². The molecule has 0 saturated carbocycles. The first kappa shape index (κ1) is 20.9. The largest absolute Gasteiger partial charge is 0.397 e. The Kier molecular flexibility index (Phi) is 4.62. The van der Waals surface area contributed by atoms with Crippen molar-refractivity contribution < 1.29 is 9.85 Å². The van der Waals surface area contributed by atoms with Crippen LogP contribution < -0.4 is 21.7 Å². The lowest BCUT2D eigenvalue weighted by Crippen LogP contribution is -2.53. The molecule has 4 rings (SSSR count). The molecule has 0 spiro atoms. The maximum atomic E-state index is 12.3. The normalized spacial score (nSPS) is 18.8. The van der Waals surface area contributed by atoms with Crippen molar-refractivity contribution in [1.82, 2.24) is 10.3 Å². The maximum Gasteiger partial charge on any atom is 0.298 e. The summed E-state index contributed by atoms with van der Waals surface area (Å²) in [4.78, 5) is 28.4. The zero-order chi connectivity index (χ0) is 23.4. The van der Waals surface area contributed by atoms with Gasteiger partial charge in [-0.05, 0) is 5.56 Å². The lowest BCUT2D eigenvalue weighted by Gasteiger charge is -2.44. The van der Waals surface area contributed by atoms with Crippen LogP contribution in [0.4, 0.5) is 23.0 Å². The summed E-state index contributed by atoms with van der Waals surface area (Å²) in [6.07, 6.45) is 0. The number of nitro benzene ring substituents is 1. The number of nitrogen functional groups attached to an aromatic ring is 2. The first-order chi connectivity index (χ1) is 15.1. The smallest absolute Gasteiger partial charge is 0.298 e. The van der Waals surface area contributed by atoms with Crippen LogP contribution >= 0.6 is 0 Å². The molecule has 1 aromatic heterocycles. The molecule has 12 nitrogen and oxygen atoms in total. The van der Waals surface area contributed by atoms with Crippen LogP contribution in [-0.2, 0) is 0 Å². The van der Waals surface area contributed by atoms with E-state index >= 15 is 0 Å². The standard InChI is InChI=1S/C20H20N8O4/c1-20(2)8-24-19-16(28(31)32)13(10-3-5-11(6-4-10)27(29)30)14-15(22)12(7-21)17(23)25-18(14)26(19)9-20/h3-6,13,24H,8-9H2,1-2H3,(H4,22,23,25). The van der Waals surface area contributed by atoms with Crippen LogP contribution in [0.2, 0.25) is 0 Å². The van der Waals surface area contributed by atoms with E-state index in [1.54, 1.807) is 4.90 Å². The van der Waals surface area contributed by atoms with E-state index in [-0.39, 0.29) is 45.3 Å². The Balaban J connectivity index is 2.05. The quantitative estimate of drug-likeness (QED) is 0.474. The molecule has 0 amide bonds. The van der Waals surface area contributed by atoms with Gasteiger partial charge in [0.05, 0.1) is 15.5 Å². The summed E-state index contributed by atoms with van der Waals surface area (Å²) in [7, 11) is 0. The van der Waals surface area contributed by atoms with Gasteiger partial charge in [-0.3, -0.25) is 20.2 Å². The fourth-order valence-corrected chi connectivity index (χ4v) is 4.20. The Bertz CT molecular complexity index is 1230. The highest BCUT2D eigenvalue weighted by atomic mass is 16.6. The van der Waals surface area contributed by atoms with Crippen LogP contribution in [0.3, 0.4) is 0 Å². The van der Waals surface area contributed by atoms with Crippen LogP contribution in [0.5, 0.6) is 0 Å². The Morgan fingerprint density at radius 3 is 2.44 bits per heavy atom. The summed E-state index contributed by atoms with van der Waals surface area (Å²) in [5.41, 5.74) is 12.4. The summed E-state index contributed by atoms with van der Waals surface area (Å²) >= 11 is 0. The van der Waals surface area contributed by atoms with Gasteiger partial charge in [0, 0.05) is 36.2 Å². The Hall–Kier alpha value is -4.40. The van der Waals surface area contributed by atoms with E-state index in [2.05, 4.69) is 10.3 Å². The molecule has 1 saturated heterocycles. The van der Waals surface area contributed by atoms with Gasteiger partial charge in [0.25, 0.3) is 11.4 Å². The third-order valence-electron chi connectivity index (χ3n) is 5.68. The second-order valence-electron chi connectivity index (χ2n) is 8.51. The van der Waals surface area contributed by atoms with Crippen molar-refractivity contribution in [2.45, 2.75) is 19.8 Å². The first-order valence-corrected chi connectivity index (χ1v) is 9.69. The number of nitrogens with zero attached hydrogens (tertiary/aromatic N) is 5. The molecule has 1 fully saturated rings. The average molecular weight is 436 g/mol. The third kappa shape index (κ3) is 3.11. The number of nitriles is 1. The van der Waals surface area contributed by atoms with E-state index in [4.69, 9.17) is 11.5 Å². The fraction of sp³-hybridized carbons (Fsp3) is 0.300. The van der Waals surface area contributed by atoms with Crippen molar-refractivity contribution in [3.8, 4) is 6.07 Å². The van der Waals surface area contributed by atoms with E-state index in [1.165, 1.54) is 24.3 Å². The summed E-state index contributed by atoms with van der Waals surface area (Å²) in [5, 5.41) is 36.1. The minimum atomic E-state index is -1.01. The highest BCUT2D eigenvalue weighted by Crippen LogP contribution is 2.49. The second kappa shape index (κ2) is 7.09. The van der Waals surface area contributed by atoms with Crippen molar-refractivity contribution in [2.24, 2.45) is 5.41 Å². The zero-order valence-corrected chi connectivity index (χ0v) is 17.3. The molecule has 2 aromatic rings. The van der Waals surface area contributed by atoms with Crippen LogP contribution in [0.1, 0.15) is 36.5 Å². The summed E-state index contributed by atoms with van der Waals surface area (Å²) in [6, 6.07) is 7.35. The molecule has 32 heavy (non-hydrogen) atoms. The van der Waals surface area contributed by atoms with Gasteiger partial charge in [-0.25, -0.2) is 4.98 Å². The van der Waals surface area contributed by atoms with Crippen LogP contribution in [0.15, 0.2) is 35.8 Å². The molecule has 0 radical (unpaired) electrons. The van der Waals surface area contributed by atoms with Gasteiger partial charge in [0.15, 0.2) is 5.82 Å². The Labute approximate surface area is 182 Å². The molecule has 2 aliphatic rings. The molecule has 12 heteroatoms. The number of nitrogens with two attached hydrogens (primary N) is 2. The lowest BCUT2D eigenvalue weighted by molar-refractivity contribution is -0.431. The van der Waals surface area contributed by atoms with Gasteiger partial charge < -0.3 is 21.7 Å². The fourth-order valence-electron chi connectivity index (χ4n) is 4.20. The summed E-state index contributed by atoms with van der Waals surface area (Å²) < 4.78 is 0. The van der Waals surface area contributed by atoms with E-state index < -0.39 is 15.8 Å². The number of non-ortho nitro benzene ring substituents is 1. The number of hydrogen-bond donors (Lipinski definition) is 3. The van der Waals surface area contributed by atoms with Crippen molar-refractivity contribution >= 4 is 23.0 Å². The van der Waals surface area contributed by atoms with Gasteiger partial charge in [-0.1, -0.05) is 26.0 Å². The molecule has 1 aromatic carbocycles. The predicted octanol–water partition coefficient (Wildman–Crippen LogP) is 2.05. The van der Waals surface area contributed by atoms with Crippen molar-refractivity contribution in [2.75, 3.05) is 29.5 Å². The Morgan fingerprint density at radius 1 is 1.22 bits per heavy atom. The average Bonchev–Trinajstić information content (AvgIpc) is 2.72. The number of pyridine rings is 1. The van der Waals surface area contributed by atoms with Gasteiger partial charge in [0.1, 0.15) is 29.2 Å². The first-order valence-electron chi connectivity index (χ1n) is 9.69. The predicted molar refractivity (Wildman–Crippen MR) is 116 cm³/mol. The van der Waals surface area contributed by atoms with E-state index in [1.807, 2.05) is 19.9 Å². The second-order valence-corrected chi connectivity index (χ2v) is 8.51. The van der Waals surface area contributed by atoms with Gasteiger partial charge in [0.2, 0.25) is 0 Å². The highest BCUT2D eigenvalue weighted by molar-refractivity contribution is 5.80. The molecule has 0 aliphatic carbocycles. The minimum Gasteiger partial charge on any atom is -0.397 e. The summed E-state index contributed by atoms with van der Waals surface area (Å²) in [5.74, 6) is -0.496. The van der Waals surface area contributed by atoms with Crippen LogP contribution in [-0.4, -0.2) is 27.9 Å². The van der Waals surface area contributed by atoms with Gasteiger partial charge in [-0.15, -0.1) is 0 Å². The van der Waals surface area contributed by atoms with Gasteiger partial charge >= 0.3 is 0 Å². The number of benzene rings is 1. The molecular weight excluding hydrogens is 416 g/mol. The molecule has 0 bridgehead atoms. The number of nitrogens with one attached hydrogen (secondary N) is 1. The highest BCUT2D eigenvalue weighted by Gasteiger charge is 2.47. The van der Waals surface area contributed by atoms with E-state index in [0.717, 1.165) is 0 Å². The van der Waals surface area contributed by atoms with Crippen molar-refractivity contribution in [3.63, 3.8) is 0 Å².